The number of halogens is 1. The van der Waals surface area contributed by atoms with Crippen LogP contribution in [0.2, 0.25) is 5.02 Å². The maximum atomic E-state index is 12.8. The lowest BCUT2D eigenvalue weighted by molar-refractivity contribution is 0.102. The molecule has 0 unspecified atom stereocenters. The van der Waals surface area contributed by atoms with Crippen molar-refractivity contribution in [1.29, 1.82) is 0 Å². The normalized spacial score (nSPS) is 18.2. The summed E-state index contributed by atoms with van der Waals surface area (Å²) in [6, 6.07) is 9.95. The molecule has 2 aliphatic rings. The van der Waals surface area contributed by atoms with Gasteiger partial charge in [0, 0.05) is 31.9 Å². The zero-order chi connectivity index (χ0) is 22.9. The van der Waals surface area contributed by atoms with Crippen molar-refractivity contribution < 1.29 is 21.6 Å². The van der Waals surface area contributed by atoms with Gasteiger partial charge in [0.2, 0.25) is 20.0 Å². The van der Waals surface area contributed by atoms with Gasteiger partial charge in [-0.05, 0) is 68.1 Å². The molecule has 0 radical (unpaired) electrons. The number of amides is 1. The van der Waals surface area contributed by atoms with Crippen LogP contribution in [0.25, 0.3) is 0 Å². The molecule has 2 aromatic carbocycles. The zero-order valence-electron chi connectivity index (χ0n) is 17.3. The summed E-state index contributed by atoms with van der Waals surface area (Å²) in [5.41, 5.74) is 0.403. The van der Waals surface area contributed by atoms with Gasteiger partial charge in [-0.3, -0.25) is 4.79 Å². The maximum absolute atomic E-state index is 12.8. The molecule has 0 saturated carbocycles. The molecule has 8 nitrogen and oxygen atoms in total. The molecule has 0 aromatic heterocycles. The van der Waals surface area contributed by atoms with Crippen molar-refractivity contribution in [1.82, 2.24) is 8.61 Å². The van der Waals surface area contributed by atoms with Crippen LogP contribution >= 0.6 is 11.6 Å². The van der Waals surface area contributed by atoms with E-state index < -0.39 is 26.0 Å². The van der Waals surface area contributed by atoms with Crippen LogP contribution < -0.4 is 5.32 Å². The lowest BCUT2D eigenvalue weighted by Crippen LogP contribution is -2.28. The van der Waals surface area contributed by atoms with Gasteiger partial charge in [-0.2, -0.15) is 8.61 Å². The minimum atomic E-state index is -3.69. The Morgan fingerprint density at radius 1 is 0.750 bits per heavy atom. The Morgan fingerprint density at radius 3 is 1.75 bits per heavy atom. The molecule has 4 rings (SSSR count). The fourth-order valence-corrected chi connectivity index (χ4v) is 7.17. The topological polar surface area (TPSA) is 104 Å². The quantitative estimate of drug-likeness (QED) is 0.660. The van der Waals surface area contributed by atoms with E-state index >= 15 is 0 Å². The van der Waals surface area contributed by atoms with Gasteiger partial charge in [0.05, 0.1) is 20.4 Å². The SMILES string of the molecule is O=C(Nc1ccc(S(=O)(=O)N2CCCC2)cc1)c1cc(S(=O)(=O)N2CCCC2)ccc1Cl. The summed E-state index contributed by atoms with van der Waals surface area (Å²) in [5, 5.41) is 2.78. The predicted molar refractivity (Wildman–Crippen MR) is 122 cm³/mol. The maximum Gasteiger partial charge on any atom is 0.257 e. The molecular formula is C21H24ClN3O5S2. The third-order valence-electron chi connectivity index (χ3n) is 5.70. The van der Waals surface area contributed by atoms with Crippen molar-refractivity contribution in [3.8, 4) is 0 Å². The minimum Gasteiger partial charge on any atom is -0.322 e. The molecular weight excluding hydrogens is 474 g/mol. The summed E-state index contributed by atoms with van der Waals surface area (Å²) < 4.78 is 53.7. The van der Waals surface area contributed by atoms with Gasteiger partial charge in [0.25, 0.3) is 5.91 Å². The Balaban J connectivity index is 1.53. The highest BCUT2D eigenvalue weighted by atomic mass is 35.5. The second kappa shape index (κ2) is 9.11. The average molecular weight is 498 g/mol. The van der Waals surface area contributed by atoms with E-state index in [-0.39, 0.29) is 20.4 Å². The van der Waals surface area contributed by atoms with E-state index in [1.807, 2.05) is 0 Å². The summed E-state index contributed by atoms with van der Waals surface area (Å²) in [6.07, 6.45) is 3.31. The summed E-state index contributed by atoms with van der Waals surface area (Å²) in [4.78, 5) is 13.0. The molecule has 0 spiro atoms. The van der Waals surface area contributed by atoms with E-state index in [0.29, 0.717) is 31.9 Å². The first-order valence-corrected chi connectivity index (χ1v) is 13.7. The van der Waals surface area contributed by atoms with Crippen molar-refractivity contribution in [2.45, 2.75) is 35.5 Å². The molecule has 1 amide bonds. The van der Waals surface area contributed by atoms with Crippen LogP contribution in [0, 0.1) is 0 Å². The van der Waals surface area contributed by atoms with Crippen LogP contribution in [0.5, 0.6) is 0 Å². The second-order valence-corrected chi connectivity index (χ2v) is 12.1. The van der Waals surface area contributed by atoms with E-state index in [4.69, 9.17) is 11.6 Å². The van der Waals surface area contributed by atoms with E-state index in [1.54, 1.807) is 0 Å². The highest BCUT2D eigenvalue weighted by Gasteiger charge is 2.29. The zero-order valence-corrected chi connectivity index (χ0v) is 19.7. The number of hydrogen-bond acceptors (Lipinski definition) is 5. The molecule has 32 heavy (non-hydrogen) atoms. The first kappa shape index (κ1) is 23.2. The van der Waals surface area contributed by atoms with Gasteiger partial charge >= 0.3 is 0 Å². The molecule has 1 N–H and O–H groups in total. The Kier molecular flexibility index (Phi) is 6.60. The molecule has 172 valence electrons. The molecule has 2 heterocycles. The first-order chi connectivity index (χ1) is 15.2. The van der Waals surface area contributed by atoms with Gasteiger partial charge < -0.3 is 5.32 Å². The lowest BCUT2D eigenvalue weighted by Gasteiger charge is -2.17. The molecule has 0 bridgehead atoms. The third-order valence-corrected chi connectivity index (χ3v) is 9.84. The van der Waals surface area contributed by atoms with E-state index in [0.717, 1.165) is 25.7 Å². The van der Waals surface area contributed by atoms with Crippen LogP contribution in [-0.4, -0.2) is 57.5 Å². The largest absolute Gasteiger partial charge is 0.322 e. The number of carbonyl (C=O) groups excluding carboxylic acids is 1. The molecule has 2 fully saturated rings. The van der Waals surface area contributed by atoms with E-state index in [1.165, 1.54) is 51.1 Å². The fraction of sp³-hybridized carbons (Fsp3) is 0.381. The van der Waals surface area contributed by atoms with Gasteiger partial charge in [0.1, 0.15) is 0 Å². The Morgan fingerprint density at radius 2 is 1.22 bits per heavy atom. The summed E-state index contributed by atoms with van der Waals surface area (Å²) in [6.45, 7) is 1.93. The van der Waals surface area contributed by atoms with Crippen LogP contribution in [-0.2, 0) is 20.0 Å². The van der Waals surface area contributed by atoms with Crippen LogP contribution in [0.15, 0.2) is 52.3 Å². The number of anilines is 1. The highest BCUT2D eigenvalue weighted by Crippen LogP contribution is 2.27. The number of nitrogens with zero attached hydrogens (tertiary/aromatic N) is 2. The second-order valence-electron chi connectivity index (χ2n) is 7.84. The van der Waals surface area contributed by atoms with Crippen molar-refractivity contribution in [3.05, 3.63) is 53.1 Å². The predicted octanol–water partition coefficient (Wildman–Crippen LogP) is 3.16. The van der Waals surface area contributed by atoms with Crippen molar-refractivity contribution >= 4 is 43.2 Å². The molecule has 0 aliphatic carbocycles. The summed E-state index contributed by atoms with van der Waals surface area (Å²) >= 11 is 6.17. The molecule has 2 saturated heterocycles. The van der Waals surface area contributed by atoms with Crippen molar-refractivity contribution in [2.24, 2.45) is 0 Å². The standard InChI is InChI=1S/C21H24ClN3O5S2/c22-20-10-9-18(32(29,30)25-13-3-4-14-25)15-19(20)21(26)23-16-5-7-17(8-6-16)31(27,28)24-11-1-2-12-24/h5-10,15H,1-4,11-14H2,(H,23,26). The van der Waals surface area contributed by atoms with Crippen LogP contribution in [0.1, 0.15) is 36.0 Å². The first-order valence-electron chi connectivity index (χ1n) is 10.4. The smallest absolute Gasteiger partial charge is 0.257 e. The average Bonchev–Trinajstić information content (AvgIpc) is 3.49. The van der Waals surface area contributed by atoms with Crippen LogP contribution in [0.4, 0.5) is 5.69 Å². The molecule has 2 aromatic rings. The molecule has 2 aliphatic heterocycles. The number of carbonyl (C=O) groups is 1. The van der Waals surface area contributed by atoms with Gasteiger partial charge in [0.15, 0.2) is 0 Å². The Labute approximate surface area is 193 Å². The highest BCUT2D eigenvalue weighted by molar-refractivity contribution is 7.89. The number of rotatable bonds is 6. The monoisotopic (exact) mass is 497 g/mol. The van der Waals surface area contributed by atoms with Crippen molar-refractivity contribution in [2.75, 3.05) is 31.5 Å². The molecule has 11 heteroatoms. The van der Waals surface area contributed by atoms with E-state index in [2.05, 4.69) is 5.32 Å². The third kappa shape index (κ3) is 4.55. The summed E-state index contributed by atoms with van der Waals surface area (Å²) in [5.74, 6) is -0.580. The van der Waals surface area contributed by atoms with Gasteiger partial charge in [-0.25, -0.2) is 16.8 Å². The Bertz CT molecular complexity index is 1220. The minimum absolute atomic E-state index is 0.0148. The summed E-state index contributed by atoms with van der Waals surface area (Å²) in [7, 11) is -7.24. The molecule has 0 atom stereocenters. The van der Waals surface area contributed by atoms with Gasteiger partial charge in [-0.1, -0.05) is 11.6 Å². The van der Waals surface area contributed by atoms with Crippen molar-refractivity contribution in [3.63, 3.8) is 0 Å². The van der Waals surface area contributed by atoms with Gasteiger partial charge in [-0.15, -0.1) is 0 Å². The number of benzene rings is 2. The van der Waals surface area contributed by atoms with Crippen LogP contribution in [0.3, 0.4) is 0 Å². The lowest BCUT2D eigenvalue weighted by atomic mass is 10.2. The number of hydrogen-bond donors (Lipinski definition) is 1. The number of nitrogens with one attached hydrogen (secondary N) is 1. The Hall–Kier alpha value is -1.98. The fourth-order valence-electron chi connectivity index (χ4n) is 3.90. The van der Waals surface area contributed by atoms with E-state index in [9.17, 15) is 21.6 Å². The number of sulfonamides is 2.